The van der Waals surface area contributed by atoms with Crippen LogP contribution in [0, 0.1) is 12.7 Å². The molecule has 0 saturated heterocycles. The standard InChI is InChI=1S/C21H22FN5/c1-14-3-8-20(23-11-14)27-10-9-19-18(12-27)21(25-13-24-19)26-15(2)16-4-6-17(22)7-5-16/h3-8,11,13,15H,9-10,12H2,1-2H3,(H,24,25,26)/t15-/m0/s1. The van der Waals surface area contributed by atoms with Crippen LogP contribution in [0.25, 0.3) is 0 Å². The summed E-state index contributed by atoms with van der Waals surface area (Å²) in [7, 11) is 0. The molecule has 0 unspecified atom stereocenters. The van der Waals surface area contributed by atoms with Crippen LogP contribution in [0.1, 0.15) is 35.3 Å². The Bertz CT molecular complexity index is 924. The average Bonchev–Trinajstić information content (AvgIpc) is 2.69. The van der Waals surface area contributed by atoms with Crippen LogP contribution in [0.3, 0.4) is 0 Å². The summed E-state index contributed by atoms with van der Waals surface area (Å²) in [5, 5.41) is 3.47. The minimum atomic E-state index is -0.230. The first-order valence-electron chi connectivity index (χ1n) is 9.12. The van der Waals surface area contributed by atoms with Crippen molar-refractivity contribution in [2.75, 3.05) is 16.8 Å². The quantitative estimate of drug-likeness (QED) is 0.758. The van der Waals surface area contributed by atoms with E-state index < -0.39 is 0 Å². The molecule has 1 N–H and O–H groups in total. The van der Waals surface area contributed by atoms with Gasteiger partial charge in [-0.3, -0.25) is 0 Å². The highest BCUT2D eigenvalue weighted by atomic mass is 19.1. The Hall–Kier alpha value is -3.02. The summed E-state index contributed by atoms with van der Waals surface area (Å²) >= 11 is 0. The number of benzene rings is 1. The molecule has 3 aromatic rings. The molecule has 0 radical (unpaired) electrons. The minimum Gasteiger partial charge on any atom is -0.363 e. The zero-order valence-electron chi connectivity index (χ0n) is 15.5. The summed E-state index contributed by atoms with van der Waals surface area (Å²) in [6, 6.07) is 10.7. The Kier molecular flexibility index (Phi) is 4.71. The molecule has 1 aromatic carbocycles. The number of nitrogens with zero attached hydrogens (tertiary/aromatic N) is 4. The van der Waals surface area contributed by atoms with E-state index in [1.807, 2.05) is 20.0 Å². The molecule has 138 valence electrons. The highest BCUT2D eigenvalue weighted by Gasteiger charge is 2.22. The van der Waals surface area contributed by atoms with Crippen molar-refractivity contribution in [1.29, 1.82) is 0 Å². The maximum absolute atomic E-state index is 13.2. The fourth-order valence-electron chi connectivity index (χ4n) is 3.35. The van der Waals surface area contributed by atoms with Crippen LogP contribution in [0.4, 0.5) is 16.0 Å². The second-order valence-corrected chi connectivity index (χ2v) is 6.93. The van der Waals surface area contributed by atoms with Gasteiger partial charge >= 0.3 is 0 Å². The second kappa shape index (κ2) is 7.31. The Balaban J connectivity index is 1.57. The van der Waals surface area contributed by atoms with Crippen LogP contribution >= 0.6 is 0 Å². The van der Waals surface area contributed by atoms with Gasteiger partial charge in [-0.2, -0.15) is 0 Å². The van der Waals surface area contributed by atoms with E-state index in [0.29, 0.717) is 6.54 Å². The highest BCUT2D eigenvalue weighted by Crippen LogP contribution is 2.28. The molecule has 0 saturated carbocycles. The molecule has 1 aliphatic rings. The number of anilines is 2. The van der Waals surface area contributed by atoms with Gasteiger partial charge in [-0.05, 0) is 43.2 Å². The van der Waals surface area contributed by atoms with Crippen molar-refractivity contribution in [1.82, 2.24) is 15.0 Å². The first kappa shape index (κ1) is 17.4. The molecule has 3 heterocycles. The topological polar surface area (TPSA) is 53.9 Å². The number of hydrogen-bond acceptors (Lipinski definition) is 5. The van der Waals surface area contributed by atoms with E-state index >= 15 is 0 Å². The molecule has 0 bridgehead atoms. The number of hydrogen-bond donors (Lipinski definition) is 1. The van der Waals surface area contributed by atoms with E-state index in [2.05, 4.69) is 37.3 Å². The zero-order valence-corrected chi connectivity index (χ0v) is 15.5. The molecule has 5 nitrogen and oxygen atoms in total. The third kappa shape index (κ3) is 3.74. The van der Waals surface area contributed by atoms with Crippen molar-refractivity contribution in [3.8, 4) is 0 Å². The van der Waals surface area contributed by atoms with E-state index in [0.717, 1.165) is 47.0 Å². The summed E-state index contributed by atoms with van der Waals surface area (Å²) in [6.07, 6.45) is 4.35. The van der Waals surface area contributed by atoms with Gasteiger partial charge in [0.15, 0.2) is 0 Å². The van der Waals surface area contributed by atoms with Crippen molar-refractivity contribution in [2.45, 2.75) is 32.9 Å². The van der Waals surface area contributed by atoms with Gasteiger partial charge in [0, 0.05) is 37.3 Å². The Morgan fingerprint density at radius 1 is 1.07 bits per heavy atom. The lowest BCUT2D eigenvalue weighted by Crippen LogP contribution is -2.32. The third-order valence-electron chi connectivity index (χ3n) is 4.95. The van der Waals surface area contributed by atoms with Gasteiger partial charge < -0.3 is 10.2 Å². The molecule has 0 fully saturated rings. The lowest BCUT2D eigenvalue weighted by atomic mass is 10.0. The number of halogens is 1. The van der Waals surface area contributed by atoms with Crippen molar-refractivity contribution in [2.24, 2.45) is 0 Å². The van der Waals surface area contributed by atoms with E-state index in [4.69, 9.17) is 0 Å². The summed E-state index contributed by atoms with van der Waals surface area (Å²) in [6.45, 7) is 5.68. The molecular formula is C21H22FN5. The first-order chi connectivity index (χ1) is 13.1. The van der Waals surface area contributed by atoms with Crippen molar-refractivity contribution in [3.05, 3.63) is 77.1 Å². The number of aryl methyl sites for hydroxylation is 1. The Labute approximate surface area is 158 Å². The van der Waals surface area contributed by atoms with Crippen LogP contribution in [0.5, 0.6) is 0 Å². The molecule has 27 heavy (non-hydrogen) atoms. The maximum atomic E-state index is 13.2. The molecular weight excluding hydrogens is 341 g/mol. The van der Waals surface area contributed by atoms with Gasteiger partial charge in [0.2, 0.25) is 0 Å². The number of rotatable bonds is 4. The maximum Gasteiger partial charge on any atom is 0.135 e. The van der Waals surface area contributed by atoms with Crippen LogP contribution in [0.15, 0.2) is 48.9 Å². The molecule has 4 rings (SSSR count). The van der Waals surface area contributed by atoms with E-state index in [1.165, 1.54) is 12.1 Å². The minimum absolute atomic E-state index is 0.0116. The van der Waals surface area contributed by atoms with Gasteiger partial charge in [-0.1, -0.05) is 18.2 Å². The monoisotopic (exact) mass is 363 g/mol. The number of nitrogens with one attached hydrogen (secondary N) is 1. The predicted octanol–water partition coefficient (Wildman–Crippen LogP) is 4.05. The van der Waals surface area contributed by atoms with Gasteiger partial charge in [0.25, 0.3) is 0 Å². The van der Waals surface area contributed by atoms with Crippen LogP contribution in [-0.2, 0) is 13.0 Å². The molecule has 0 spiro atoms. The highest BCUT2D eigenvalue weighted by molar-refractivity contribution is 5.53. The number of aromatic nitrogens is 3. The third-order valence-corrected chi connectivity index (χ3v) is 4.95. The van der Waals surface area contributed by atoms with E-state index in [1.54, 1.807) is 18.5 Å². The SMILES string of the molecule is Cc1ccc(N2CCc3ncnc(N[C@@H](C)c4ccc(F)cc4)c3C2)nc1. The van der Waals surface area contributed by atoms with Crippen LogP contribution in [0.2, 0.25) is 0 Å². The largest absolute Gasteiger partial charge is 0.363 e. The van der Waals surface area contributed by atoms with Crippen LogP contribution < -0.4 is 10.2 Å². The first-order valence-corrected chi connectivity index (χ1v) is 9.12. The number of pyridine rings is 1. The Morgan fingerprint density at radius 3 is 2.63 bits per heavy atom. The average molecular weight is 363 g/mol. The summed E-state index contributed by atoms with van der Waals surface area (Å²) in [5.41, 5.74) is 4.33. The van der Waals surface area contributed by atoms with E-state index in [9.17, 15) is 4.39 Å². The van der Waals surface area contributed by atoms with Crippen molar-refractivity contribution in [3.63, 3.8) is 0 Å². The van der Waals surface area contributed by atoms with Crippen molar-refractivity contribution < 1.29 is 4.39 Å². The summed E-state index contributed by atoms with van der Waals surface area (Å²) in [4.78, 5) is 15.7. The second-order valence-electron chi connectivity index (χ2n) is 6.93. The van der Waals surface area contributed by atoms with Gasteiger partial charge in [0.05, 0.1) is 5.69 Å². The molecule has 2 aromatic heterocycles. The molecule has 0 amide bonds. The van der Waals surface area contributed by atoms with Gasteiger partial charge in [0.1, 0.15) is 23.8 Å². The molecule has 1 aliphatic heterocycles. The lowest BCUT2D eigenvalue weighted by molar-refractivity contribution is 0.626. The predicted molar refractivity (Wildman–Crippen MR) is 104 cm³/mol. The summed E-state index contributed by atoms with van der Waals surface area (Å²) in [5.74, 6) is 1.56. The normalized spacial score (nSPS) is 14.6. The van der Waals surface area contributed by atoms with Crippen molar-refractivity contribution >= 4 is 11.6 Å². The van der Waals surface area contributed by atoms with Crippen LogP contribution in [-0.4, -0.2) is 21.5 Å². The van der Waals surface area contributed by atoms with Gasteiger partial charge in [-0.15, -0.1) is 0 Å². The molecule has 6 heteroatoms. The number of fused-ring (bicyclic) bond motifs is 1. The van der Waals surface area contributed by atoms with E-state index in [-0.39, 0.29) is 11.9 Å². The fourth-order valence-corrected chi connectivity index (χ4v) is 3.35. The zero-order chi connectivity index (χ0) is 18.8. The lowest BCUT2D eigenvalue weighted by Gasteiger charge is -2.30. The summed E-state index contributed by atoms with van der Waals surface area (Å²) < 4.78 is 13.2. The fraction of sp³-hybridized carbons (Fsp3) is 0.286. The molecule has 1 atom stereocenters. The molecule has 0 aliphatic carbocycles. The van der Waals surface area contributed by atoms with Gasteiger partial charge in [-0.25, -0.2) is 19.3 Å². The smallest absolute Gasteiger partial charge is 0.135 e. The Morgan fingerprint density at radius 2 is 1.89 bits per heavy atom.